The third-order valence-electron chi connectivity index (χ3n) is 3.06. The van der Waals surface area contributed by atoms with Crippen molar-refractivity contribution in [3.63, 3.8) is 0 Å². The highest BCUT2D eigenvalue weighted by molar-refractivity contribution is 5.67. The van der Waals surface area contributed by atoms with Gasteiger partial charge < -0.3 is 34.7 Å². The molecule has 1 rings (SSSR count). The first-order chi connectivity index (χ1) is 12.9. The first-order valence-corrected chi connectivity index (χ1v) is 9.06. The summed E-state index contributed by atoms with van der Waals surface area (Å²) in [6.07, 6.45) is -0.446. The molecule has 0 aliphatic rings. The average molecular weight is 384 g/mol. The minimum absolute atomic E-state index is 0.393. The van der Waals surface area contributed by atoms with Crippen LogP contribution in [0.3, 0.4) is 0 Å². The Labute approximate surface area is 161 Å². The second kappa shape index (κ2) is 13.2. The van der Waals surface area contributed by atoms with E-state index in [1.54, 1.807) is 6.07 Å². The fourth-order valence-corrected chi connectivity index (χ4v) is 1.90. The number of nitrogen functional groups attached to an aromatic ring is 1. The van der Waals surface area contributed by atoms with Crippen LogP contribution in [0, 0.1) is 0 Å². The number of carbonyl (C=O) groups is 1. The van der Waals surface area contributed by atoms with Gasteiger partial charge in [0.25, 0.3) is 0 Å². The molecule has 0 atom stereocenters. The number of hydrogen-bond donors (Lipinski definition) is 2. The molecule has 0 radical (unpaired) electrons. The van der Waals surface area contributed by atoms with Crippen molar-refractivity contribution >= 4 is 11.8 Å². The minimum Gasteiger partial charge on any atom is -0.489 e. The summed E-state index contributed by atoms with van der Waals surface area (Å²) in [5, 5.41) is 2.62. The highest BCUT2D eigenvalue weighted by Gasteiger charge is 2.15. The van der Waals surface area contributed by atoms with Gasteiger partial charge in [-0.1, -0.05) is 12.1 Å². The fraction of sp³-hybridized carbons (Fsp3) is 0.632. The first-order valence-electron chi connectivity index (χ1n) is 9.06. The zero-order chi connectivity index (χ0) is 20.0. The molecule has 0 aliphatic heterocycles. The number of nitrogens with one attached hydrogen (secondary N) is 1. The molecule has 3 N–H and O–H groups in total. The van der Waals surface area contributed by atoms with Gasteiger partial charge in [-0.15, -0.1) is 0 Å². The highest BCUT2D eigenvalue weighted by atomic mass is 16.6. The van der Waals surface area contributed by atoms with Crippen molar-refractivity contribution in [3.05, 3.63) is 24.3 Å². The monoisotopic (exact) mass is 384 g/mol. The van der Waals surface area contributed by atoms with Crippen LogP contribution in [0.5, 0.6) is 5.75 Å². The lowest BCUT2D eigenvalue weighted by atomic mass is 10.2. The number of ether oxygens (including phenoxy) is 5. The number of carbonyl (C=O) groups excluding carboxylic acids is 1. The molecular formula is C19H32N2O6. The van der Waals surface area contributed by atoms with Crippen LogP contribution >= 0.6 is 0 Å². The third-order valence-corrected chi connectivity index (χ3v) is 3.06. The van der Waals surface area contributed by atoms with Gasteiger partial charge in [0.05, 0.1) is 45.3 Å². The topological polar surface area (TPSA) is 101 Å². The molecule has 0 heterocycles. The molecule has 8 nitrogen and oxygen atoms in total. The molecule has 0 unspecified atom stereocenters. The van der Waals surface area contributed by atoms with E-state index >= 15 is 0 Å². The van der Waals surface area contributed by atoms with E-state index in [9.17, 15) is 4.79 Å². The van der Waals surface area contributed by atoms with E-state index in [0.29, 0.717) is 64.2 Å². The van der Waals surface area contributed by atoms with Gasteiger partial charge in [0, 0.05) is 6.54 Å². The summed E-state index contributed by atoms with van der Waals surface area (Å²) in [7, 11) is 0. The van der Waals surface area contributed by atoms with Gasteiger partial charge >= 0.3 is 6.09 Å². The maximum atomic E-state index is 11.4. The average Bonchev–Trinajstić information content (AvgIpc) is 2.59. The molecule has 0 spiro atoms. The molecule has 8 heteroatoms. The van der Waals surface area contributed by atoms with Gasteiger partial charge in [0.2, 0.25) is 0 Å². The SMILES string of the molecule is CC(C)(C)OC(=O)NCCOCCOCCOCCOc1ccccc1N. The molecule has 1 aromatic rings. The van der Waals surface area contributed by atoms with Crippen LogP contribution in [0.1, 0.15) is 20.8 Å². The van der Waals surface area contributed by atoms with Crippen molar-refractivity contribution in [2.24, 2.45) is 0 Å². The highest BCUT2D eigenvalue weighted by Crippen LogP contribution is 2.19. The number of alkyl carbamates (subject to hydrolysis) is 1. The van der Waals surface area contributed by atoms with Crippen LogP contribution in [0.2, 0.25) is 0 Å². The van der Waals surface area contributed by atoms with Gasteiger partial charge in [0.15, 0.2) is 0 Å². The molecule has 1 aromatic carbocycles. The van der Waals surface area contributed by atoms with Gasteiger partial charge in [-0.25, -0.2) is 4.79 Å². The van der Waals surface area contributed by atoms with E-state index in [1.807, 2.05) is 39.0 Å². The van der Waals surface area contributed by atoms with E-state index < -0.39 is 11.7 Å². The first kappa shape index (κ1) is 23.0. The summed E-state index contributed by atoms with van der Waals surface area (Å²) in [6.45, 7) is 9.01. The Kier molecular flexibility index (Phi) is 11.2. The maximum Gasteiger partial charge on any atom is 0.407 e. The molecule has 1 amide bonds. The Morgan fingerprint density at radius 2 is 1.48 bits per heavy atom. The largest absolute Gasteiger partial charge is 0.489 e. The standard InChI is InChI=1S/C19H32N2O6/c1-19(2,3)27-18(22)21-8-9-23-10-11-24-12-13-25-14-15-26-17-7-5-4-6-16(17)20/h4-7H,8-15,20H2,1-3H3,(H,21,22). The summed E-state index contributed by atoms with van der Waals surface area (Å²) in [6, 6.07) is 7.34. The van der Waals surface area contributed by atoms with Gasteiger partial charge in [0.1, 0.15) is 18.0 Å². The van der Waals surface area contributed by atoms with Crippen molar-refractivity contribution in [2.75, 3.05) is 58.5 Å². The molecule has 0 aliphatic carbocycles. The molecule has 0 fully saturated rings. The quantitative estimate of drug-likeness (QED) is 0.397. The minimum atomic E-state index is -0.498. The van der Waals surface area contributed by atoms with Crippen molar-refractivity contribution in [1.82, 2.24) is 5.32 Å². The number of para-hydroxylation sites is 2. The lowest BCUT2D eigenvalue weighted by molar-refractivity contribution is 0.00908. The maximum absolute atomic E-state index is 11.4. The van der Waals surface area contributed by atoms with Crippen molar-refractivity contribution < 1.29 is 28.5 Å². The van der Waals surface area contributed by atoms with Crippen LogP contribution in [0.25, 0.3) is 0 Å². The molecule has 0 saturated carbocycles. The Morgan fingerprint density at radius 1 is 0.926 bits per heavy atom. The van der Waals surface area contributed by atoms with E-state index in [1.165, 1.54) is 0 Å². The van der Waals surface area contributed by atoms with E-state index in [0.717, 1.165) is 0 Å². The van der Waals surface area contributed by atoms with Crippen molar-refractivity contribution in [1.29, 1.82) is 0 Å². The Morgan fingerprint density at radius 3 is 2.07 bits per heavy atom. The van der Waals surface area contributed by atoms with Crippen LogP contribution in [-0.4, -0.2) is 64.5 Å². The smallest absolute Gasteiger partial charge is 0.407 e. The van der Waals surface area contributed by atoms with Crippen LogP contribution in [-0.2, 0) is 18.9 Å². The molecule has 0 bridgehead atoms. The van der Waals surface area contributed by atoms with Crippen LogP contribution in [0.4, 0.5) is 10.5 Å². The number of hydrogen-bond acceptors (Lipinski definition) is 7. The molecule has 154 valence electrons. The van der Waals surface area contributed by atoms with Gasteiger partial charge in [-0.3, -0.25) is 0 Å². The van der Waals surface area contributed by atoms with Gasteiger partial charge in [-0.05, 0) is 32.9 Å². The zero-order valence-corrected chi connectivity index (χ0v) is 16.5. The normalized spacial score (nSPS) is 11.2. The second-order valence-corrected chi connectivity index (χ2v) is 6.65. The third kappa shape index (κ3) is 12.9. The fourth-order valence-electron chi connectivity index (χ4n) is 1.90. The summed E-state index contributed by atoms with van der Waals surface area (Å²) in [4.78, 5) is 11.4. The summed E-state index contributed by atoms with van der Waals surface area (Å²) >= 11 is 0. The lowest BCUT2D eigenvalue weighted by Crippen LogP contribution is -2.34. The summed E-state index contributed by atoms with van der Waals surface area (Å²) < 4.78 is 26.8. The molecule has 27 heavy (non-hydrogen) atoms. The van der Waals surface area contributed by atoms with E-state index in [4.69, 9.17) is 29.4 Å². The number of anilines is 1. The lowest BCUT2D eigenvalue weighted by Gasteiger charge is -2.19. The Hall–Kier alpha value is -2.03. The van der Waals surface area contributed by atoms with Crippen LogP contribution < -0.4 is 15.8 Å². The van der Waals surface area contributed by atoms with Crippen molar-refractivity contribution in [3.8, 4) is 5.75 Å². The number of benzene rings is 1. The summed E-state index contributed by atoms with van der Waals surface area (Å²) in [5.41, 5.74) is 5.89. The number of nitrogens with two attached hydrogens (primary N) is 1. The summed E-state index contributed by atoms with van der Waals surface area (Å²) in [5.74, 6) is 0.663. The molecule has 0 saturated heterocycles. The van der Waals surface area contributed by atoms with Crippen molar-refractivity contribution in [2.45, 2.75) is 26.4 Å². The molecular weight excluding hydrogens is 352 g/mol. The van der Waals surface area contributed by atoms with Gasteiger partial charge in [-0.2, -0.15) is 0 Å². The van der Waals surface area contributed by atoms with E-state index in [2.05, 4.69) is 5.32 Å². The Balaban J connectivity index is 1.83. The Bertz CT molecular complexity index is 533. The number of amides is 1. The number of rotatable bonds is 13. The predicted molar refractivity (Wildman–Crippen MR) is 103 cm³/mol. The second-order valence-electron chi connectivity index (χ2n) is 6.65. The van der Waals surface area contributed by atoms with E-state index in [-0.39, 0.29) is 0 Å². The zero-order valence-electron chi connectivity index (χ0n) is 16.5. The molecule has 0 aromatic heterocycles. The predicted octanol–water partition coefficient (Wildman–Crippen LogP) is 2.22. The van der Waals surface area contributed by atoms with Crippen LogP contribution in [0.15, 0.2) is 24.3 Å².